The average molecular weight is 694 g/mol. The van der Waals surface area contributed by atoms with Crippen molar-refractivity contribution in [3.05, 3.63) is 93.0 Å². The molecule has 0 aromatic heterocycles. The summed E-state index contributed by atoms with van der Waals surface area (Å²) in [4.78, 5) is 28.9. The first kappa shape index (κ1) is 30.3. The molecule has 0 saturated heterocycles. The van der Waals surface area contributed by atoms with Crippen LogP contribution in [0.2, 0.25) is 5.02 Å². The van der Waals surface area contributed by atoms with Crippen LogP contribution in [-0.4, -0.2) is 43.8 Å². The first-order valence-electron chi connectivity index (χ1n) is 13.3. The minimum atomic E-state index is -4.09. The van der Waals surface area contributed by atoms with Crippen LogP contribution in [0.1, 0.15) is 44.6 Å². The number of halogens is 2. The Kier molecular flexibility index (Phi) is 10.5. The van der Waals surface area contributed by atoms with E-state index in [0.717, 1.165) is 40.0 Å². The lowest BCUT2D eigenvalue weighted by molar-refractivity contribution is -0.139. The summed E-state index contributed by atoms with van der Waals surface area (Å²) in [5.74, 6) is -0.775. The van der Waals surface area contributed by atoms with Crippen LogP contribution in [0.5, 0.6) is 0 Å². The van der Waals surface area contributed by atoms with Gasteiger partial charge in [-0.1, -0.05) is 67.3 Å². The van der Waals surface area contributed by atoms with E-state index in [9.17, 15) is 18.0 Å². The maximum Gasteiger partial charge on any atom is 0.264 e. The largest absolute Gasteiger partial charge is 0.352 e. The Morgan fingerprint density at radius 2 is 1.57 bits per heavy atom. The van der Waals surface area contributed by atoms with E-state index < -0.39 is 28.5 Å². The minimum Gasteiger partial charge on any atom is -0.352 e. The molecular weight excluding hydrogens is 661 g/mol. The molecule has 212 valence electrons. The number of nitrogens with zero attached hydrogens (tertiary/aromatic N) is 2. The van der Waals surface area contributed by atoms with Crippen molar-refractivity contribution in [3.8, 4) is 0 Å². The Balaban J connectivity index is 1.67. The van der Waals surface area contributed by atoms with Crippen LogP contribution in [0.25, 0.3) is 0 Å². The molecule has 0 spiro atoms. The summed E-state index contributed by atoms with van der Waals surface area (Å²) in [6.07, 6.45) is 5.09. The Labute approximate surface area is 255 Å². The molecule has 0 aliphatic heterocycles. The summed E-state index contributed by atoms with van der Waals surface area (Å²) in [7, 11) is -4.09. The highest BCUT2D eigenvalue weighted by Crippen LogP contribution is 2.26. The third-order valence-electron chi connectivity index (χ3n) is 7.14. The fourth-order valence-electron chi connectivity index (χ4n) is 4.82. The zero-order chi connectivity index (χ0) is 28.7. The van der Waals surface area contributed by atoms with Crippen LogP contribution in [0.4, 0.5) is 5.69 Å². The molecule has 4 rings (SSSR count). The molecule has 7 nitrogen and oxygen atoms in total. The Hall–Kier alpha value is -2.63. The van der Waals surface area contributed by atoms with Crippen LogP contribution in [0.15, 0.2) is 83.8 Å². The monoisotopic (exact) mass is 693 g/mol. The van der Waals surface area contributed by atoms with Gasteiger partial charge in [-0.05, 0) is 90.4 Å². The number of benzene rings is 3. The lowest BCUT2D eigenvalue weighted by Crippen LogP contribution is -2.53. The van der Waals surface area contributed by atoms with Crippen molar-refractivity contribution in [3.63, 3.8) is 0 Å². The number of hydrogen-bond donors (Lipinski definition) is 1. The molecule has 3 aromatic rings. The topological polar surface area (TPSA) is 86.8 Å². The van der Waals surface area contributed by atoms with Crippen LogP contribution in [-0.2, 0) is 26.2 Å². The van der Waals surface area contributed by atoms with Crippen molar-refractivity contribution >= 4 is 61.7 Å². The smallest absolute Gasteiger partial charge is 0.264 e. The van der Waals surface area contributed by atoms with Crippen molar-refractivity contribution in [2.45, 2.75) is 62.6 Å². The van der Waals surface area contributed by atoms with E-state index in [2.05, 4.69) is 27.9 Å². The molecule has 0 unspecified atom stereocenters. The lowest BCUT2D eigenvalue weighted by Gasteiger charge is -2.33. The fourth-order valence-corrected chi connectivity index (χ4v) is 6.81. The molecule has 40 heavy (non-hydrogen) atoms. The first-order valence-corrected chi connectivity index (χ1v) is 16.2. The first-order chi connectivity index (χ1) is 19.2. The van der Waals surface area contributed by atoms with Gasteiger partial charge in [0.25, 0.3) is 10.0 Å². The van der Waals surface area contributed by atoms with E-state index in [4.69, 9.17) is 11.6 Å². The number of nitrogens with one attached hydrogen (secondary N) is 1. The van der Waals surface area contributed by atoms with E-state index in [1.165, 1.54) is 17.0 Å². The zero-order valence-electron chi connectivity index (χ0n) is 22.3. The van der Waals surface area contributed by atoms with Gasteiger partial charge in [0.2, 0.25) is 11.8 Å². The van der Waals surface area contributed by atoms with Gasteiger partial charge in [0.15, 0.2) is 0 Å². The highest BCUT2D eigenvalue weighted by atomic mass is 127. The van der Waals surface area contributed by atoms with Crippen LogP contribution in [0.3, 0.4) is 0 Å². The number of carbonyl (C=O) groups excluding carboxylic acids is 2. The Morgan fingerprint density at radius 3 is 2.23 bits per heavy atom. The van der Waals surface area contributed by atoms with Gasteiger partial charge >= 0.3 is 0 Å². The van der Waals surface area contributed by atoms with E-state index in [1.54, 1.807) is 67.6 Å². The Morgan fingerprint density at radius 1 is 0.950 bits per heavy atom. The summed E-state index contributed by atoms with van der Waals surface area (Å²) in [6, 6.07) is 21.3. The normalized spacial score (nSPS) is 14.8. The Bertz CT molecular complexity index is 1410. The molecule has 1 fully saturated rings. The van der Waals surface area contributed by atoms with Gasteiger partial charge in [0.05, 0.1) is 10.6 Å². The quantitative estimate of drug-likeness (QED) is 0.264. The van der Waals surface area contributed by atoms with Crippen LogP contribution in [0, 0.1) is 3.57 Å². The number of anilines is 1. The van der Waals surface area contributed by atoms with Crippen LogP contribution < -0.4 is 9.62 Å². The molecule has 10 heteroatoms. The molecule has 3 aromatic carbocycles. The molecule has 1 aliphatic rings. The summed E-state index contributed by atoms with van der Waals surface area (Å²) >= 11 is 8.58. The number of amides is 2. The van der Waals surface area contributed by atoms with Crippen molar-refractivity contribution in [2.24, 2.45) is 0 Å². The molecule has 0 bridgehead atoms. The SMILES string of the molecule is C[C@@H](C(=O)NC1CCCCC1)N(Cc1ccccc1Cl)C(=O)CN(c1ccc(I)cc1)S(=O)(=O)c1ccccc1. The third-order valence-corrected chi connectivity index (χ3v) is 10.0. The van der Waals surface area contributed by atoms with E-state index in [-0.39, 0.29) is 23.4 Å². The van der Waals surface area contributed by atoms with Gasteiger partial charge in [-0.3, -0.25) is 13.9 Å². The standard InChI is InChI=1S/C30H33ClIN3O4S/c1-22(30(37)33-25-11-4-2-5-12-25)34(20-23-10-8-9-15-28(23)31)29(36)21-35(26-18-16-24(32)17-19-26)40(38,39)27-13-6-3-7-14-27/h3,6-10,13-19,22,25H,2,4-5,11-12,20-21H2,1H3,(H,33,37)/t22-/m0/s1. The second-order valence-electron chi connectivity index (χ2n) is 9.93. The summed E-state index contributed by atoms with van der Waals surface area (Å²) in [6.45, 7) is 1.25. The van der Waals surface area contributed by atoms with E-state index in [0.29, 0.717) is 16.3 Å². The number of carbonyl (C=O) groups is 2. The van der Waals surface area contributed by atoms with Crippen LogP contribution >= 0.6 is 34.2 Å². The summed E-state index contributed by atoms with van der Waals surface area (Å²) in [5.41, 5.74) is 1.02. The summed E-state index contributed by atoms with van der Waals surface area (Å²) < 4.78 is 29.6. The second kappa shape index (κ2) is 13.8. The lowest BCUT2D eigenvalue weighted by atomic mass is 9.95. The maximum absolute atomic E-state index is 14.0. The molecule has 1 saturated carbocycles. The maximum atomic E-state index is 14.0. The molecule has 1 N–H and O–H groups in total. The van der Waals surface area contributed by atoms with Crippen molar-refractivity contribution < 1.29 is 18.0 Å². The molecule has 2 amide bonds. The molecule has 1 aliphatic carbocycles. The average Bonchev–Trinajstić information content (AvgIpc) is 2.96. The molecular formula is C30H33ClIN3O4S. The number of hydrogen-bond acceptors (Lipinski definition) is 4. The fraction of sp³-hybridized carbons (Fsp3) is 0.333. The highest BCUT2D eigenvalue weighted by Gasteiger charge is 2.33. The van der Waals surface area contributed by atoms with Gasteiger partial charge in [0, 0.05) is 21.2 Å². The van der Waals surface area contributed by atoms with Gasteiger partial charge in [0.1, 0.15) is 12.6 Å². The van der Waals surface area contributed by atoms with Gasteiger partial charge in [-0.2, -0.15) is 0 Å². The van der Waals surface area contributed by atoms with Crippen molar-refractivity contribution in [1.29, 1.82) is 0 Å². The van der Waals surface area contributed by atoms with E-state index >= 15 is 0 Å². The van der Waals surface area contributed by atoms with Gasteiger partial charge in [-0.25, -0.2) is 8.42 Å². The van der Waals surface area contributed by atoms with Crippen molar-refractivity contribution in [2.75, 3.05) is 10.8 Å². The molecule has 0 heterocycles. The number of sulfonamides is 1. The van der Waals surface area contributed by atoms with E-state index in [1.807, 2.05) is 6.07 Å². The van der Waals surface area contributed by atoms with Crippen molar-refractivity contribution in [1.82, 2.24) is 10.2 Å². The van der Waals surface area contributed by atoms with Gasteiger partial charge < -0.3 is 10.2 Å². The highest BCUT2D eigenvalue weighted by molar-refractivity contribution is 14.1. The minimum absolute atomic E-state index is 0.0592. The molecule has 1 atom stereocenters. The second-order valence-corrected chi connectivity index (χ2v) is 13.4. The van der Waals surface area contributed by atoms with Gasteiger partial charge in [-0.15, -0.1) is 0 Å². The number of rotatable bonds is 10. The zero-order valence-corrected chi connectivity index (χ0v) is 26.0. The molecule has 0 radical (unpaired) electrons. The predicted octanol–water partition coefficient (Wildman–Crippen LogP) is 6.01. The summed E-state index contributed by atoms with van der Waals surface area (Å²) in [5, 5.41) is 3.57. The predicted molar refractivity (Wildman–Crippen MR) is 167 cm³/mol. The third kappa shape index (κ3) is 7.55.